The third-order valence-electron chi connectivity index (χ3n) is 3.48. The summed E-state index contributed by atoms with van der Waals surface area (Å²) in [5.74, 6) is 0.480. The van der Waals surface area contributed by atoms with Crippen molar-refractivity contribution in [2.24, 2.45) is 0 Å². The number of aromatic amines is 1. The summed E-state index contributed by atoms with van der Waals surface area (Å²) >= 11 is 4.61. The zero-order chi connectivity index (χ0) is 17.1. The van der Waals surface area contributed by atoms with E-state index in [9.17, 15) is 9.59 Å². The number of carbonyl (C=O) groups excluding carboxylic acids is 1. The zero-order valence-corrected chi connectivity index (χ0v) is 15.7. The van der Waals surface area contributed by atoms with Crippen molar-refractivity contribution in [2.45, 2.75) is 24.9 Å². The van der Waals surface area contributed by atoms with Crippen molar-refractivity contribution < 1.29 is 9.53 Å². The van der Waals surface area contributed by atoms with Gasteiger partial charge in [-0.2, -0.15) is 0 Å². The van der Waals surface area contributed by atoms with Crippen molar-refractivity contribution in [3.8, 4) is 10.4 Å². The van der Waals surface area contributed by atoms with Gasteiger partial charge in [0.05, 0.1) is 12.5 Å². The summed E-state index contributed by atoms with van der Waals surface area (Å²) in [7, 11) is 1.38. The molecule has 126 valence electrons. The molecule has 1 N–H and O–H groups in total. The number of hydrogen-bond donors (Lipinski definition) is 1. The van der Waals surface area contributed by atoms with Crippen LogP contribution in [0.15, 0.2) is 27.5 Å². The Morgan fingerprint density at radius 3 is 3.00 bits per heavy atom. The lowest BCUT2D eigenvalue weighted by molar-refractivity contribution is -0.140. The maximum atomic E-state index is 12.5. The lowest BCUT2D eigenvalue weighted by Crippen LogP contribution is -2.09. The molecule has 3 rings (SSSR count). The van der Waals surface area contributed by atoms with Crippen molar-refractivity contribution in [1.29, 1.82) is 0 Å². The van der Waals surface area contributed by atoms with Gasteiger partial charge >= 0.3 is 5.97 Å². The summed E-state index contributed by atoms with van der Waals surface area (Å²) in [6.45, 7) is 2.02. The van der Waals surface area contributed by atoms with E-state index in [2.05, 4.69) is 14.7 Å². The van der Waals surface area contributed by atoms with Gasteiger partial charge in [-0.3, -0.25) is 9.59 Å². The van der Waals surface area contributed by atoms with Gasteiger partial charge in [0.2, 0.25) is 0 Å². The highest BCUT2D eigenvalue weighted by Crippen LogP contribution is 2.38. The number of aryl methyl sites for hydroxylation is 1. The quantitative estimate of drug-likeness (QED) is 0.302. The number of methoxy groups -OCH3 is 1. The van der Waals surface area contributed by atoms with Gasteiger partial charge in [-0.05, 0) is 24.8 Å². The van der Waals surface area contributed by atoms with Crippen LogP contribution in [0.5, 0.6) is 0 Å². The van der Waals surface area contributed by atoms with E-state index >= 15 is 0 Å². The first-order valence-corrected chi connectivity index (χ1v) is 10.0. The highest BCUT2D eigenvalue weighted by Gasteiger charge is 2.17. The number of esters is 1. The molecule has 0 atom stereocenters. The molecule has 24 heavy (non-hydrogen) atoms. The summed E-state index contributed by atoms with van der Waals surface area (Å²) in [5.41, 5.74) is 0.879. The van der Waals surface area contributed by atoms with E-state index in [-0.39, 0.29) is 11.5 Å². The fourth-order valence-corrected chi connectivity index (χ4v) is 5.17. The lowest BCUT2D eigenvalue weighted by atomic mass is 10.1. The fourth-order valence-electron chi connectivity index (χ4n) is 2.37. The molecule has 0 fully saturated rings. The number of aromatic nitrogens is 2. The summed E-state index contributed by atoms with van der Waals surface area (Å²) in [6, 6.07) is 4.00. The average molecular weight is 381 g/mol. The molecule has 0 aliphatic rings. The fraction of sp³-hybridized carbons (Fsp3) is 0.312. The van der Waals surface area contributed by atoms with E-state index in [0.29, 0.717) is 29.1 Å². The minimum Gasteiger partial charge on any atom is -0.469 e. The average Bonchev–Trinajstić information content (AvgIpc) is 3.18. The third kappa shape index (κ3) is 3.55. The van der Waals surface area contributed by atoms with E-state index in [1.165, 1.54) is 18.9 Å². The van der Waals surface area contributed by atoms with Crippen molar-refractivity contribution in [1.82, 2.24) is 9.97 Å². The minimum atomic E-state index is -0.220. The van der Waals surface area contributed by atoms with Gasteiger partial charge in [-0.25, -0.2) is 4.98 Å². The van der Waals surface area contributed by atoms with E-state index < -0.39 is 0 Å². The molecule has 3 aromatic heterocycles. The first-order chi connectivity index (χ1) is 11.6. The van der Waals surface area contributed by atoms with Crippen LogP contribution >= 0.6 is 34.4 Å². The largest absolute Gasteiger partial charge is 0.469 e. The van der Waals surface area contributed by atoms with Crippen LogP contribution in [0.3, 0.4) is 0 Å². The van der Waals surface area contributed by atoms with Gasteiger partial charge < -0.3 is 9.72 Å². The number of rotatable bonds is 6. The van der Waals surface area contributed by atoms with E-state index in [1.54, 1.807) is 22.7 Å². The van der Waals surface area contributed by atoms with Crippen LogP contribution in [-0.4, -0.2) is 28.8 Å². The van der Waals surface area contributed by atoms with Crippen LogP contribution in [0.4, 0.5) is 0 Å². The molecule has 0 radical (unpaired) electrons. The topological polar surface area (TPSA) is 72.0 Å². The van der Waals surface area contributed by atoms with E-state index in [4.69, 9.17) is 0 Å². The Labute approximate surface area is 151 Å². The first kappa shape index (κ1) is 17.2. The van der Waals surface area contributed by atoms with Crippen LogP contribution < -0.4 is 5.56 Å². The van der Waals surface area contributed by atoms with Crippen molar-refractivity contribution in [3.63, 3.8) is 0 Å². The number of nitrogens with zero attached hydrogens (tertiary/aromatic N) is 1. The molecule has 0 aromatic carbocycles. The number of hydrogen-bond acceptors (Lipinski definition) is 7. The van der Waals surface area contributed by atoms with Gasteiger partial charge in [0.25, 0.3) is 5.56 Å². The Morgan fingerprint density at radius 1 is 1.46 bits per heavy atom. The van der Waals surface area contributed by atoms with Crippen LogP contribution in [0.25, 0.3) is 20.7 Å². The smallest absolute Gasteiger partial charge is 0.305 e. The highest BCUT2D eigenvalue weighted by atomic mass is 32.2. The Balaban J connectivity index is 1.84. The zero-order valence-electron chi connectivity index (χ0n) is 13.3. The molecule has 0 saturated carbocycles. The Morgan fingerprint density at radius 2 is 2.29 bits per heavy atom. The molecular formula is C16H16N2O3S3. The standard InChI is InChI=1S/C16H16N2O3S3/c1-9-12(10-5-3-7-22-10)13-14(20)17-16(18-15(13)24-9)23-8-4-6-11(19)21-2/h3,5,7H,4,6,8H2,1-2H3,(H,17,18,20). The predicted octanol–water partition coefficient (Wildman–Crippen LogP) is 4.07. The van der Waals surface area contributed by atoms with Crippen LogP contribution in [-0.2, 0) is 9.53 Å². The number of ether oxygens (including phenoxy) is 1. The number of H-pyrrole nitrogens is 1. The molecule has 0 saturated heterocycles. The second-order valence-corrected chi connectivity index (χ2v) is 8.32. The molecule has 3 aromatic rings. The number of carbonyl (C=O) groups is 1. The summed E-state index contributed by atoms with van der Waals surface area (Å²) in [4.78, 5) is 34.0. The molecule has 0 aliphatic heterocycles. The SMILES string of the molecule is COC(=O)CCCSc1nc2sc(C)c(-c3cccs3)c2c(=O)[nH]1. The summed E-state index contributed by atoms with van der Waals surface area (Å²) in [6.07, 6.45) is 1.06. The molecule has 8 heteroatoms. The number of nitrogens with one attached hydrogen (secondary N) is 1. The van der Waals surface area contributed by atoms with Gasteiger partial charge in [-0.1, -0.05) is 17.8 Å². The number of fused-ring (bicyclic) bond motifs is 1. The minimum absolute atomic E-state index is 0.108. The molecule has 0 amide bonds. The van der Waals surface area contributed by atoms with Crippen molar-refractivity contribution in [3.05, 3.63) is 32.7 Å². The van der Waals surface area contributed by atoms with Gasteiger partial charge in [0.1, 0.15) is 4.83 Å². The van der Waals surface area contributed by atoms with E-state index in [1.807, 2.05) is 24.4 Å². The summed E-state index contributed by atoms with van der Waals surface area (Å²) in [5, 5.41) is 3.26. The molecular weight excluding hydrogens is 364 g/mol. The van der Waals surface area contributed by atoms with Gasteiger partial charge in [0.15, 0.2) is 5.16 Å². The monoisotopic (exact) mass is 380 g/mol. The number of thioether (sulfide) groups is 1. The molecule has 0 unspecified atom stereocenters. The maximum absolute atomic E-state index is 12.5. The molecule has 0 aliphatic carbocycles. The van der Waals surface area contributed by atoms with Crippen LogP contribution in [0.1, 0.15) is 17.7 Å². The van der Waals surface area contributed by atoms with Gasteiger partial charge in [-0.15, -0.1) is 22.7 Å². The maximum Gasteiger partial charge on any atom is 0.305 e. The molecule has 0 spiro atoms. The lowest BCUT2D eigenvalue weighted by Gasteiger charge is -2.02. The molecule has 3 heterocycles. The predicted molar refractivity (Wildman–Crippen MR) is 100 cm³/mol. The second kappa shape index (κ2) is 7.50. The highest BCUT2D eigenvalue weighted by molar-refractivity contribution is 7.99. The molecule has 0 bridgehead atoms. The number of thiophene rings is 2. The van der Waals surface area contributed by atoms with Crippen molar-refractivity contribution in [2.75, 3.05) is 12.9 Å². The third-order valence-corrected chi connectivity index (χ3v) is 6.32. The molecule has 5 nitrogen and oxygen atoms in total. The Kier molecular flexibility index (Phi) is 5.37. The summed E-state index contributed by atoms with van der Waals surface area (Å²) < 4.78 is 4.61. The Hall–Kier alpha value is -1.64. The van der Waals surface area contributed by atoms with Crippen molar-refractivity contribution >= 4 is 50.6 Å². The second-order valence-electron chi connectivity index (χ2n) is 5.09. The van der Waals surface area contributed by atoms with Crippen LogP contribution in [0, 0.1) is 6.92 Å². The van der Waals surface area contributed by atoms with Gasteiger partial charge in [0, 0.05) is 27.5 Å². The van der Waals surface area contributed by atoms with Crippen LogP contribution in [0.2, 0.25) is 0 Å². The normalized spacial score (nSPS) is 11.1. The van der Waals surface area contributed by atoms with E-state index in [0.717, 1.165) is 20.1 Å². The first-order valence-electron chi connectivity index (χ1n) is 7.37. The Bertz CT molecular complexity index is 913.